The minimum atomic E-state index is -0.0809. The number of anilines is 2. The number of hydrogen-bond acceptors (Lipinski definition) is 6. The molecule has 2 aliphatic rings. The van der Waals surface area contributed by atoms with Gasteiger partial charge < -0.3 is 10.2 Å². The second-order valence-corrected chi connectivity index (χ2v) is 10.7. The maximum absolute atomic E-state index is 5.30. The fraction of sp³-hybridized carbons (Fsp3) is 0.129. The highest BCUT2D eigenvalue weighted by molar-refractivity contribution is 7.10. The molecule has 1 N–H and O–H groups in total. The molecule has 5 aromatic rings. The van der Waals surface area contributed by atoms with Crippen molar-refractivity contribution in [2.24, 2.45) is 9.98 Å². The van der Waals surface area contributed by atoms with Crippen LogP contribution >= 0.6 is 11.3 Å². The van der Waals surface area contributed by atoms with E-state index in [9.17, 15) is 0 Å². The normalized spacial score (nSPS) is 15.8. The number of thiophene rings is 1. The van der Waals surface area contributed by atoms with Gasteiger partial charge in [0.05, 0.1) is 22.8 Å². The van der Waals surface area contributed by atoms with Crippen molar-refractivity contribution >= 4 is 45.9 Å². The predicted molar refractivity (Wildman–Crippen MR) is 157 cm³/mol. The second-order valence-electron chi connectivity index (χ2n) is 9.74. The van der Waals surface area contributed by atoms with Crippen LogP contribution in [0.2, 0.25) is 0 Å². The lowest BCUT2D eigenvalue weighted by Crippen LogP contribution is -2.46. The SMILES string of the molecule is Cc1cc(C)cc(NC2=Nc3ccccc3N3C2=Nc2c(c(C)nn2-c2ccccc2)C3c2cccs2)c1. The quantitative estimate of drug-likeness (QED) is 0.269. The Labute approximate surface area is 225 Å². The molecule has 0 amide bonds. The van der Waals surface area contributed by atoms with Gasteiger partial charge in [0.1, 0.15) is 6.04 Å². The molecule has 38 heavy (non-hydrogen) atoms. The highest BCUT2D eigenvalue weighted by Crippen LogP contribution is 2.49. The highest BCUT2D eigenvalue weighted by atomic mass is 32.1. The van der Waals surface area contributed by atoms with Crippen LogP contribution in [0.1, 0.15) is 33.3 Å². The monoisotopic (exact) mass is 514 g/mol. The molecule has 0 bridgehead atoms. The lowest BCUT2D eigenvalue weighted by Gasteiger charge is -2.40. The third-order valence-corrected chi connectivity index (χ3v) is 7.86. The van der Waals surface area contributed by atoms with Gasteiger partial charge in [-0.05, 0) is 79.7 Å². The summed E-state index contributed by atoms with van der Waals surface area (Å²) in [5.74, 6) is 2.35. The Hall–Kier alpha value is -4.49. The molecule has 1 unspecified atom stereocenters. The number of hydrogen-bond donors (Lipinski definition) is 1. The summed E-state index contributed by atoms with van der Waals surface area (Å²) in [5, 5.41) is 10.7. The lowest BCUT2D eigenvalue weighted by molar-refractivity contribution is 0.830. The summed E-state index contributed by atoms with van der Waals surface area (Å²) in [6.45, 7) is 6.31. The van der Waals surface area contributed by atoms with E-state index in [4.69, 9.17) is 15.1 Å². The Morgan fingerprint density at radius 2 is 1.58 bits per heavy atom. The van der Waals surface area contributed by atoms with E-state index in [-0.39, 0.29) is 6.04 Å². The summed E-state index contributed by atoms with van der Waals surface area (Å²) < 4.78 is 1.96. The number of para-hydroxylation sites is 3. The summed E-state index contributed by atoms with van der Waals surface area (Å²) in [7, 11) is 0. The minimum absolute atomic E-state index is 0.0809. The first kappa shape index (κ1) is 22.7. The van der Waals surface area contributed by atoms with Gasteiger partial charge in [-0.2, -0.15) is 5.10 Å². The Kier molecular flexibility index (Phi) is 5.26. The van der Waals surface area contributed by atoms with Gasteiger partial charge in [-0.25, -0.2) is 14.7 Å². The van der Waals surface area contributed by atoms with E-state index in [0.717, 1.165) is 51.5 Å². The van der Waals surface area contributed by atoms with Gasteiger partial charge in [-0.15, -0.1) is 11.3 Å². The first-order valence-corrected chi connectivity index (χ1v) is 13.5. The van der Waals surface area contributed by atoms with Crippen LogP contribution in [0.4, 0.5) is 22.9 Å². The average molecular weight is 515 g/mol. The molecule has 0 fully saturated rings. The van der Waals surface area contributed by atoms with E-state index >= 15 is 0 Å². The van der Waals surface area contributed by atoms with Crippen LogP contribution in [-0.2, 0) is 0 Å². The summed E-state index contributed by atoms with van der Waals surface area (Å²) in [6.07, 6.45) is 0. The van der Waals surface area contributed by atoms with Gasteiger partial charge in [0.2, 0.25) is 0 Å². The highest BCUT2D eigenvalue weighted by Gasteiger charge is 2.41. The van der Waals surface area contributed by atoms with Crippen molar-refractivity contribution in [3.05, 3.63) is 118 Å². The number of benzene rings is 3. The molecule has 3 aromatic carbocycles. The molecule has 4 heterocycles. The van der Waals surface area contributed by atoms with E-state index < -0.39 is 0 Å². The second kappa shape index (κ2) is 8.82. The van der Waals surface area contributed by atoms with Crippen LogP contribution in [0, 0.1) is 20.8 Å². The molecule has 2 aromatic heterocycles. The molecule has 0 aliphatic carbocycles. The fourth-order valence-electron chi connectivity index (χ4n) is 5.45. The molecular weight excluding hydrogens is 488 g/mol. The largest absolute Gasteiger partial charge is 0.337 e. The van der Waals surface area contributed by atoms with Crippen molar-refractivity contribution < 1.29 is 0 Å². The van der Waals surface area contributed by atoms with E-state index in [1.54, 1.807) is 11.3 Å². The number of rotatable bonds is 3. The third kappa shape index (κ3) is 3.66. The van der Waals surface area contributed by atoms with Gasteiger partial charge >= 0.3 is 0 Å². The standard InChI is InChI=1S/C31H26N6S/c1-19-16-20(2)18-22(17-19)32-29-31-34-30-27(21(3)35-37(30)23-10-5-4-6-11-23)28(26-14-9-15-38-26)36(31)25-13-8-7-12-24(25)33-29/h4-18,28H,1-3H3,(H,32,33). The average Bonchev–Trinajstić information content (AvgIpc) is 3.56. The Balaban J connectivity index is 1.49. The molecule has 6 nitrogen and oxygen atoms in total. The van der Waals surface area contributed by atoms with Crippen molar-refractivity contribution in [2.45, 2.75) is 26.8 Å². The number of nitrogens with one attached hydrogen (secondary N) is 1. The molecule has 2 aliphatic heterocycles. The Morgan fingerprint density at radius 1 is 0.816 bits per heavy atom. The van der Waals surface area contributed by atoms with Gasteiger partial charge in [-0.3, -0.25) is 0 Å². The van der Waals surface area contributed by atoms with Gasteiger partial charge in [-0.1, -0.05) is 42.5 Å². The van der Waals surface area contributed by atoms with Crippen molar-refractivity contribution in [3.63, 3.8) is 0 Å². The van der Waals surface area contributed by atoms with Crippen molar-refractivity contribution in [3.8, 4) is 5.69 Å². The van der Waals surface area contributed by atoms with E-state index in [1.807, 2.05) is 28.9 Å². The third-order valence-electron chi connectivity index (χ3n) is 6.94. The zero-order valence-corrected chi connectivity index (χ0v) is 22.2. The molecule has 1 atom stereocenters. The Bertz CT molecular complexity index is 1710. The molecule has 7 heteroatoms. The molecule has 186 valence electrons. The van der Waals surface area contributed by atoms with Crippen LogP contribution in [0.5, 0.6) is 0 Å². The number of aromatic nitrogens is 2. The maximum atomic E-state index is 5.30. The molecule has 0 radical (unpaired) electrons. The number of amidine groups is 2. The van der Waals surface area contributed by atoms with Crippen LogP contribution < -0.4 is 10.2 Å². The molecule has 0 saturated carbocycles. The summed E-state index contributed by atoms with van der Waals surface area (Å²) in [5.41, 5.74) is 8.40. The van der Waals surface area contributed by atoms with Crippen molar-refractivity contribution in [2.75, 3.05) is 10.2 Å². The van der Waals surface area contributed by atoms with E-state index in [0.29, 0.717) is 0 Å². The minimum Gasteiger partial charge on any atom is -0.337 e. The number of fused-ring (bicyclic) bond motifs is 4. The Morgan fingerprint density at radius 3 is 2.34 bits per heavy atom. The van der Waals surface area contributed by atoms with E-state index in [2.05, 4.69) is 97.0 Å². The topological polar surface area (TPSA) is 57.8 Å². The predicted octanol–water partition coefficient (Wildman–Crippen LogP) is 7.65. The van der Waals surface area contributed by atoms with Crippen LogP contribution in [0.25, 0.3) is 5.69 Å². The maximum Gasteiger partial charge on any atom is 0.179 e. The summed E-state index contributed by atoms with van der Waals surface area (Å²) in [6, 6.07) is 29.2. The van der Waals surface area contributed by atoms with Crippen molar-refractivity contribution in [1.29, 1.82) is 0 Å². The van der Waals surface area contributed by atoms with Crippen LogP contribution in [-0.4, -0.2) is 21.5 Å². The zero-order chi connectivity index (χ0) is 25.8. The fourth-order valence-corrected chi connectivity index (χ4v) is 6.27. The molecule has 7 rings (SSSR count). The van der Waals surface area contributed by atoms with Gasteiger partial charge in [0.15, 0.2) is 17.5 Å². The smallest absolute Gasteiger partial charge is 0.179 e. The summed E-state index contributed by atoms with van der Waals surface area (Å²) >= 11 is 1.75. The number of aliphatic imine (C=N–C) groups is 2. The zero-order valence-electron chi connectivity index (χ0n) is 21.4. The summed E-state index contributed by atoms with van der Waals surface area (Å²) in [4.78, 5) is 13.9. The lowest BCUT2D eigenvalue weighted by atomic mass is 9.98. The van der Waals surface area contributed by atoms with E-state index in [1.165, 1.54) is 16.0 Å². The van der Waals surface area contributed by atoms with Crippen LogP contribution in [0.15, 0.2) is 100 Å². The number of nitrogens with zero attached hydrogens (tertiary/aromatic N) is 5. The van der Waals surface area contributed by atoms with Crippen LogP contribution in [0.3, 0.4) is 0 Å². The molecule has 0 spiro atoms. The first-order valence-electron chi connectivity index (χ1n) is 12.7. The number of aryl methyl sites for hydroxylation is 3. The van der Waals surface area contributed by atoms with Gasteiger partial charge in [0, 0.05) is 16.1 Å². The van der Waals surface area contributed by atoms with Crippen molar-refractivity contribution in [1.82, 2.24) is 9.78 Å². The molecular formula is C31H26N6S. The van der Waals surface area contributed by atoms with Gasteiger partial charge in [0.25, 0.3) is 0 Å². The first-order chi connectivity index (χ1) is 18.6. The molecule has 0 saturated heterocycles.